The van der Waals surface area contributed by atoms with Crippen LogP contribution in [0.5, 0.6) is 0 Å². The molecule has 6 aromatic heterocycles. The summed E-state index contributed by atoms with van der Waals surface area (Å²) in [4.78, 5) is 9.77. The third-order valence-electron chi connectivity index (χ3n) is 10.1. The van der Waals surface area contributed by atoms with Crippen molar-refractivity contribution in [2.45, 2.75) is 68.5 Å². The number of thiophene rings is 2. The molecule has 0 aliphatic carbocycles. The maximum atomic E-state index is 13.7. The first-order valence-corrected chi connectivity index (χ1v) is 25.9. The maximum absolute atomic E-state index is 13.7. The number of alkyl halides is 6. The summed E-state index contributed by atoms with van der Waals surface area (Å²) in [5.41, 5.74) is -3.85. The summed E-state index contributed by atoms with van der Waals surface area (Å²) in [6, 6.07) is 26.4. The molecule has 0 bridgehead atoms. The number of nitrogens with zero attached hydrogens (tertiary/aromatic N) is 6. The lowest BCUT2D eigenvalue weighted by atomic mass is 10.1. The molecule has 23 heteroatoms. The number of aliphatic hydroxyl groups is 2. The third kappa shape index (κ3) is 11.5. The molecule has 0 amide bonds. The second-order valence-corrected chi connectivity index (χ2v) is 23.1. The quantitative estimate of drug-likeness (QED) is 0.126. The minimum atomic E-state index is -4.76. The van der Waals surface area contributed by atoms with Gasteiger partial charge in [0.2, 0.25) is 0 Å². The Morgan fingerprint density at radius 1 is 0.557 bits per heavy atom. The predicted octanol–water partition coefficient (Wildman–Crippen LogP) is 11.9. The predicted molar refractivity (Wildman–Crippen MR) is 259 cm³/mol. The van der Waals surface area contributed by atoms with E-state index in [4.69, 9.17) is 11.6 Å². The largest absolute Gasteiger partial charge is 0.435 e. The Bertz CT molecular complexity index is 3440. The van der Waals surface area contributed by atoms with Gasteiger partial charge in [-0.1, -0.05) is 43.3 Å². The second kappa shape index (κ2) is 19.5. The smallest absolute Gasteiger partial charge is 0.384 e. The van der Waals surface area contributed by atoms with Crippen molar-refractivity contribution < 1.29 is 53.4 Å². The van der Waals surface area contributed by atoms with Gasteiger partial charge in [0.1, 0.15) is 22.6 Å². The van der Waals surface area contributed by atoms with Crippen LogP contribution in [0.1, 0.15) is 57.9 Å². The van der Waals surface area contributed by atoms with Crippen LogP contribution in [0, 0.1) is 0 Å². The van der Waals surface area contributed by atoms with Crippen molar-refractivity contribution >= 4 is 53.9 Å². The monoisotopic (exact) mass is 1060 g/mol. The fourth-order valence-electron chi connectivity index (χ4n) is 6.80. The average Bonchev–Trinajstić information content (AvgIpc) is 4.08. The van der Waals surface area contributed by atoms with Crippen LogP contribution in [0.2, 0.25) is 5.02 Å². The van der Waals surface area contributed by atoms with E-state index in [1.54, 1.807) is 54.6 Å². The highest BCUT2D eigenvalue weighted by atomic mass is 35.5. The second-order valence-electron chi connectivity index (χ2n) is 16.5. The van der Waals surface area contributed by atoms with Crippen molar-refractivity contribution in [2.24, 2.45) is 0 Å². The minimum absolute atomic E-state index is 0. The van der Waals surface area contributed by atoms with E-state index >= 15 is 0 Å². The van der Waals surface area contributed by atoms with Crippen LogP contribution >= 0.6 is 34.3 Å². The molecule has 0 saturated carbocycles. The number of hydrogen-bond donors (Lipinski definition) is 2. The summed E-state index contributed by atoms with van der Waals surface area (Å²) in [6.45, 7) is 5.85. The first kappa shape index (κ1) is 53.6. The minimum Gasteiger partial charge on any atom is -0.384 e. The molecule has 0 atom stereocenters. The van der Waals surface area contributed by atoms with Crippen LogP contribution in [0.3, 0.4) is 0 Å². The molecule has 2 aromatic carbocycles. The fraction of sp³-hybridized carbons (Fsp3) is 0.234. The molecule has 70 heavy (non-hydrogen) atoms. The lowest BCUT2D eigenvalue weighted by Gasteiger charge is -2.14. The molecule has 6 heterocycles. The molecule has 0 radical (unpaired) electrons. The number of halogens is 7. The molecular formula is C47H43ClF6N6O6S4. The average molecular weight is 1070 g/mol. The standard InChI is InChI=1S/C23H19ClF3N3O3S2.C23H20F3N3O3S2.CH4/c1-22(2,31)21-18(24)19(30(29-21)15-8-5-11-28-20(15)23(25,26)27)17-10-9-16(34-17)13-6-4-7-14(12-13)35(3,32)33;1-22(2,30)20-13-17(29(28-20)16-8-5-11-27-21(16)23(24,25)26)19-10-9-18(33-19)14-6-4-7-15(12-14)34(3,31)32;/h4-12,31H,1-3H3;4-13,30H,1-3H3;1H4. The maximum Gasteiger partial charge on any atom is 0.435 e. The Kier molecular flexibility index (Phi) is 14.9. The van der Waals surface area contributed by atoms with Crippen LogP contribution in [0.4, 0.5) is 26.3 Å². The van der Waals surface area contributed by atoms with E-state index in [0.717, 1.165) is 39.1 Å². The van der Waals surface area contributed by atoms with Crippen molar-refractivity contribution in [1.29, 1.82) is 0 Å². The van der Waals surface area contributed by atoms with Crippen molar-refractivity contribution in [1.82, 2.24) is 29.5 Å². The molecule has 0 aliphatic heterocycles. The van der Waals surface area contributed by atoms with Gasteiger partial charge in [-0.3, -0.25) is 0 Å². The molecule has 2 N–H and O–H groups in total. The van der Waals surface area contributed by atoms with Crippen LogP contribution in [0.25, 0.3) is 53.4 Å². The Labute approximate surface area is 412 Å². The summed E-state index contributed by atoms with van der Waals surface area (Å²) < 4.78 is 132. The molecule has 12 nitrogen and oxygen atoms in total. The van der Waals surface area contributed by atoms with Crippen LogP contribution in [-0.4, -0.2) is 69.1 Å². The highest BCUT2D eigenvalue weighted by Crippen LogP contribution is 2.45. The number of benzene rings is 2. The molecule has 8 rings (SSSR count). The zero-order valence-corrected chi connectivity index (χ0v) is 41.0. The first-order valence-electron chi connectivity index (χ1n) is 20.1. The van der Waals surface area contributed by atoms with Crippen LogP contribution < -0.4 is 0 Å². The van der Waals surface area contributed by atoms with Crippen LogP contribution in [-0.2, 0) is 43.2 Å². The molecule has 370 valence electrons. The Hall–Kier alpha value is -5.75. The van der Waals surface area contributed by atoms with Crippen molar-refractivity contribution in [3.8, 4) is 53.4 Å². The van der Waals surface area contributed by atoms with Gasteiger partial charge in [0.15, 0.2) is 31.1 Å². The summed E-state index contributed by atoms with van der Waals surface area (Å²) in [7, 11) is -6.84. The molecule has 0 fully saturated rings. The zero-order chi connectivity index (χ0) is 50.6. The molecule has 0 unspecified atom stereocenters. The highest BCUT2D eigenvalue weighted by Gasteiger charge is 2.39. The molecule has 0 saturated heterocycles. The summed E-state index contributed by atoms with van der Waals surface area (Å²) in [5.74, 6) is 0. The molecule has 0 aliphatic rings. The van der Waals surface area contributed by atoms with E-state index in [1.165, 1.54) is 98.9 Å². The van der Waals surface area contributed by atoms with Gasteiger partial charge < -0.3 is 10.2 Å². The van der Waals surface area contributed by atoms with Gasteiger partial charge in [-0.15, -0.1) is 22.7 Å². The van der Waals surface area contributed by atoms with Crippen molar-refractivity contribution in [3.63, 3.8) is 0 Å². The molecule has 0 spiro atoms. The Morgan fingerprint density at radius 2 is 1.00 bits per heavy atom. The lowest BCUT2D eigenvalue weighted by Crippen LogP contribution is -2.18. The third-order valence-corrected chi connectivity index (χ3v) is 15.0. The van der Waals surface area contributed by atoms with E-state index in [2.05, 4.69) is 20.2 Å². The van der Waals surface area contributed by atoms with Gasteiger partial charge in [0.25, 0.3) is 0 Å². The number of sulfone groups is 2. The molecular weight excluding hydrogens is 1020 g/mol. The number of aromatic nitrogens is 6. The van der Waals surface area contributed by atoms with Gasteiger partial charge >= 0.3 is 12.4 Å². The molecule has 8 aromatic rings. The number of pyridine rings is 2. The summed E-state index contributed by atoms with van der Waals surface area (Å²) in [5, 5.41) is 29.6. The van der Waals surface area contributed by atoms with Gasteiger partial charge in [0, 0.05) is 34.7 Å². The SMILES string of the molecule is C.CC(C)(O)c1cc(-c2ccc(-c3cccc(S(C)(=O)=O)c3)s2)n(-c2cccnc2C(F)(F)F)n1.CC(C)(O)c1nn(-c2cccnc2C(F)(F)F)c(-c2ccc(-c3cccc(S(C)(=O)=O)c3)s2)c1Cl. The summed E-state index contributed by atoms with van der Waals surface area (Å²) in [6.07, 6.45) is -5.14. The van der Waals surface area contributed by atoms with E-state index in [1.807, 2.05) is 0 Å². The van der Waals surface area contributed by atoms with Crippen molar-refractivity contribution in [3.05, 3.63) is 143 Å². The van der Waals surface area contributed by atoms with Crippen LogP contribution in [0.15, 0.2) is 125 Å². The highest BCUT2D eigenvalue weighted by molar-refractivity contribution is 7.91. The van der Waals surface area contributed by atoms with E-state index in [0.29, 0.717) is 31.5 Å². The lowest BCUT2D eigenvalue weighted by molar-refractivity contribution is -0.141. The van der Waals surface area contributed by atoms with E-state index in [-0.39, 0.29) is 50.7 Å². The van der Waals surface area contributed by atoms with Crippen molar-refractivity contribution in [2.75, 3.05) is 12.5 Å². The summed E-state index contributed by atoms with van der Waals surface area (Å²) >= 11 is 9.05. The number of rotatable bonds is 10. The Morgan fingerprint density at radius 3 is 1.44 bits per heavy atom. The van der Waals surface area contributed by atoms with Gasteiger partial charge in [-0.2, -0.15) is 36.5 Å². The first-order chi connectivity index (χ1) is 31.9. The van der Waals surface area contributed by atoms with Gasteiger partial charge in [0.05, 0.1) is 47.3 Å². The normalized spacial score (nSPS) is 12.6. The van der Waals surface area contributed by atoms with E-state index in [9.17, 15) is 53.4 Å². The fourth-order valence-corrected chi connectivity index (χ4v) is 10.7. The Balaban J connectivity index is 0.000000226. The zero-order valence-electron chi connectivity index (χ0n) is 37.0. The van der Waals surface area contributed by atoms with Gasteiger partial charge in [-0.05, 0) is 118 Å². The van der Waals surface area contributed by atoms with Gasteiger partial charge in [-0.25, -0.2) is 36.2 Å². The number of hydrogen-bond acceptors (Lipinski definition) is 12. The van der Waals surface area contributed by atoms with E-state index < -0.39 is 54.6 Å². The topological polar surface area (TPSA) is 170 Å².